The van der Waals surface area contributed by atoms with Crippen molar-refractivity contribution in [2.24, 2.45) is 5.92 Å². The average Bonchev–Trinajstić information content (AvgIpc) is 2.97. The molecule has 1 aromatic rings. The van der Waals surface area contributed by atoms with Gasteiger partial charge in [0.2, 0.25) is 5.91 Å². The predicted octanol–water partition coefficient (Wildman–Crippen LogP) is 3.85. The fourth-order valence-electron chi connectivity index (χ4n) is 5.34. The van der Waals surface area contributed by atoms with E-state index >= 15 is 0 Å². The van der Waals surface area contributed by atoms with Crippen molar-refractivity contribution in [1.29, 1.82) is 0 Å². The van der Waals surface area contributed by atoms with Crippen molar-refractivity contribution in [3.8, 4) is 0 Å². The standard InChI is InChI=1S/C23H31N3O3/c1-17-10-8-9-15-23(17)21(28)25(22(29)24-23)16-20(27)26(18-11-4-2-5-12-18)19-13-6-3-7-14-19/h2,4-5,11-12,17,19H,3,6-10,13-16H2,1H3,(H,24,29)/t17-,23+/m0/s1. The second-order valence-electron chi connectivity index (χ2n) is 8.83. The molecule has 4 amide bonds. The Labute approximate surface area is 172 Å². The summed E-state index contributed by atoms with van der Waals surface area (Å²) in [6.07, 6.45) is 8.91. The molecule has 0 bridgehead atoms. The summed E-state index contributed by atoms with van der Waals surface area (Å²) in [7, 11) is 0. The number of hydrogen-bond donors (Lipinski definition) is 1. The molecule has 1 N–H and O–H groups in total. The van der Waals surface area contributed by atoms with Crippen molar-refractivity contribution >= 4 is 23.5 Å². The molecule has 2 aliphatic carbocycles. The van der Waals surface area contributed by atoms with Crippen LogP contribution in [0.5, 0.6) is 0 Å². The van der Waals surface area contributed by atoms with Gasteiger partial charge in [0.1, 0.15) is 12.1 Å². The van der Waals surface area contributed by atoms with Gasteiger partial charge in [0.05, 0.1) is 0 Å². The number of carbonyl (C=O) groups excluding carboxylic acids is 3. The van der Waals surface area contributed by atoms with E-state index in [1.807, 2.05) is 42.2 Å². The number of anilines is 1. The number of urea groups is 1. The normalized spacial score (nSPS) is 27.9. The highest BCUT2D eigenvalue weighted by molar-refractivity contribution is 6.10. The molecule has 0 unspecified atom stereocenters. The Morgan fingerprint density at radius 3 is 2.45 bits per heavy atom. The van der Waals surface area contributed by atoms with E-state index in [0.29, 0.717) is 6.42 Å². The maximum absolute atomic E-state index is 13.4. The third-order valence-corrected chi connectivity index (χ3v) is 7.04. The van der Waals surface area contributed by atoms with Crippen LogP contribution >= 0.6 is 0 Å². The average molecular weight is 398 g/mol. The Morgan fingerprint density at radius 2 is 1.76 bits per heavy atom. The van der Waals surface area contributed by atoms with Crippen LogP contribution in [-0.4, -0.2) is 40.9 Å². The third-order valence-electron chi connectivity index (χ3n) is 7.04. The van der Waals surface area contributed by atoms with Gasteiger partial charge in [-0.2, -0.15) is 0 Å². The minimum Gasteiger partial charge on any atom is -0.323 e. The van der Waals surface area contributed by atoms with Crippen LogP contribution in [0, 0.1) is 5.92 Å². The van der Waals surface area contributed by atoms with Gasteiger partial charge >= 0.3 is 6.03 Å². The molecule has 6 heteroatoms. The van der Waals surface area contributed by atoms with Gasteiger partial charge in [-0.3, -0.25) is 14.5 Å². The topological polar surface area (TPSA) is 69.7 Å². The maximum atomic E-state index is 13.4. The lowest BCUT2D eigenvalue weighted by atomic mass is 9.73. The molecule has 29 heavy (non-hydrogen) atoms. The SMILES string of the molecule is C[C@H]1CCCC[C@@]12NC(=O)N(CC(=O)N(c1ccccc1)C1CCCCC1)C2=O. The summed E-state index contributed by atoms with van der Waals surface area (Å²) < 4.78 is 0. The lowest BCUT2D eigenvalue weighted by Gasteiger charge is -2.37. The monoisotopic (exact) mass is 397 g/mol. The molecule has 3 aliphatic rings. The number of hydrogen-bond acceptors (Lipinski definition) is 3. The number of nitrogens with zero attached hydrogens (tertiary/aromatic N) is 2. The molecule has 1 saturated heterocycles. The summed E-state index contributed by atoms with van der Waals surface area (Å²) in [6.45, 7) is 1.84. The van der Waals surface area contributed by atoms with Crippen LogP contribution in [0.25, 0.3) is 0 Å². The molecule has 0 radical (unpaired) electrons. The van der Waals surface area contributed by atoms with E-state index in [2.05, 4.69) is 5.32 Å². The zero-order valence-electron chi connectivity index (χ0n) is 17.2. The fourth-order valence-corrected chi connectivity index (χ4v) is 5.34. The molecule has 2 atom stereocenters. The number of para-hydroxylation sites is 1. The zero-order valence-corrected chi connectivity index (χ0v) is 17.2. The molecule has 1 aliphatic heterocycles. The van der Waals surface area contributed by atoms with Crippen molar-refractivity contribution in [3.05, 3.63) is 30.3 Å². The van der Waals surface area contributed by atoms with Gasteiger partial charge in [-0.1, -0.05) is 57.2 Å². The number of benzene rings is 1. The number of imide groups is 1. The van der Waals surface area contributed by atoms with Crippen LogP contribution in [0.2, 0.25) is 0 Å². The number of amides is 4. The highest BCUT2D eigenvalue weighted by atomic mass is 16.2. The summed E-state index contributed by atoms with van der Waals surface area (Å²) in [5, 5.41) is 2.95. The Bertz CT molecular complexity index is 775. The van der Waals surface area contributed by atoms with Gasteiger partial charge in [-0.05, 0) is 43.7 Å². The van der Waals surface area contributed by atoms with Crippen molar-refractivity contribution in [3.63, 3.8) is 0 Å². The highest BCUT2D eigenvalue weighted by Gasteiger charge is 2.55. The van der Waals surface area contributed by atoms with Gasteiger partial charge in [-0.15, -0.1) is 0 Å². The predicted molar refractivity (Wildman–Crippen MR) is 111 cm³/mol. The highest BCUT2D eigenvalue weighted by Crippen LogP contribution is 2.38. The van der Waals surface area contributed by atoms with E-state index in [-0.39, 0.29) is 30.3 Å². The molecule has 0 aromatic heterocycles. The van der Waals surface area contributed by atoms with E-state index in [1.54, 1.807) is 0 Å². The minimum atomic E-state index is -0.821. The number of carbonyl (C=O) groups is 3. The summed E-state index contributed by atoms with van der Waals surface area (Å²) in [6, 6.07) is 9.34. The van der Waals surface area contributed by atoms with Crippen LogP contribution in [0.15, 0.2) is 30.3 Å². The van der Waals surface area contributed by atoms with Gasteiger partial charge < -0.3 is 10.2 Å². The van der Waals surface area contributed by atoms with Crippen LogP contribution in [0.1, 0.15) is 64.7 Å². The molecule has 1 heterocycles. The smallest absolute Gasteiger partial charge is 0.323 e. The maximum Gasteiger partial charge on any atom is 0.325 e. The van der Waals surface area contributed by atoms with E-state index in [1.165, 1.54) is 6.42 Å². The van der Waals surface area contributed by atoms with E-state index < -0.39 is 11.6 Å². The fraction of sp³-hybridized carbons (Fsp3) is 0.609. The molecule has 3 fully saturated rings. The van der Waals surface area contributed by atoms with Crippen LogP contribution < -0.4 is 10.2 Å². The van der Waals surface area contributed by atoms with E-state index in [9.17, 15) is 14.4 Å². The van der Waals surface area contributed by atoms with Crippen LogP contribution in [-0.2, 0) is 9.59 Å². The second-order valence-corrected chi connectivity index (χ2v) is 8.83. The number of nitrogens with one attached hydrogen (secondary N) is 1. The summed E-state index contributed by atoms with van der Waals surface area (Å²) in [5.41, 5.74) is 0.0232. The van der Waals surface area contributed by atoms with E-state index in [4.69, 9.17) is 0 Å². The van der Waals surface area contributed by atoms with Crippen molar-refractivity contribution in [2.45, 2.75) is 76.3 Å². The Hall–Kier alpha value is -2.37. The molecule has 1 spiro atoms. The van der Waals surface area contributed by atoms with Crippen LogP contribution in [0.3, 0.4) is 0 Å². The molecule has 4 rings (SSSR count). The minimum absolute atomic E-state index is 0.0939. The molecule has 2 saturated carbocycles. The molecular formula is C23H31N3O3. The van der Waals surface area contributed by atoms with Crippen molar-refractivity contribution in [1.82, 2.24) is 10.2 Å². The van der Waals surface area contributed by atoms with Gasteiger partial charge in [-0.25, -0.2) is 4.79 Å². The van der Waals surface area contributed by atoms with E-state index in [0.717, 1.165) is 55.5 Å². The first-order chi connectivity index (χ1) is 14.0. The zero-order chi connectivity index (χ0) is 20.4. The molecule has 6 nitrogen and oxygen atoms in total. The van der Waals surface area contributed by atoms with Gasteiger partial charge in [0.25, 0.3) is 5.91 Å². The third kappa shape index (κ3) is 3.65. The second kappa shape index (κ2) is 8.17. The van der Waals surface area contributed by atoms with Gasteiger partial charge in [0.15, 0.2) is 0 Å². The Kier molecular flexibility index (Phi) is 5.61. The Balaban J connectivity index is 1.56. The van der Waals surface area contributed by atoms with Crippen molar-refractivity contribution < 1.29 is 14.4 Å². The number of rotatable bonds is 4. The first kappa shape index (κ1) is 19.9. The molecule has 1 aromatic carbocycles. The largest absolute Gasteiger partial charge is 0.325 e. The first-order valence-corrected chi connectivity index (χ1v) is 11.0. The molecular weight excluding hydrogens is 366 g/mol. The van der Waals surface area contributed by atoms with Crippen molar-refractivity contribution in [2.75, 3.05) is 11.4 Å². The lowest BCUT2D eigenvalue weighted by molar-refractivity contribution is -0.136. The summed E-state index contributed by atoms with van der Waals surface area (Å²) >= 11 is 0. The lowest BCUT2D eigenvalue weighted by Crippen LogP contribution is -2.54. The molecule has 156 valence electrons. The van der Waals surface area contributed by atoms with Gasteiger partial charge in [0, 0.05) is 11.7 Å². The summed E-state index contributed by atoms with van der Waals surface area (Å²) in [4.78, 5) is 42.3. The Morgan fingerprint density at radius 1 is 1.07 bits per heavy atom. The van der Waals surface area contributed by atoms with Crippen LogP contribution in [0.4, 0.5) is 10.5 Å². The first-order valence-electron chi connectivity index (χ1n) is 11.0. The quantitative estimate of drug-likeness (QED) is 0.785. The summed E-state index contributed by atoms with van der Waals surface area (Å²) in [5.74, 6) is -0.303.